The van der Waals surface area contributed by atoms with Crippen LogP contribution in [0.1, 0.15) is 21.6 Å². The fraction of sp³-hybridized carbons (Fsp3) is 0.150. The number of fused-ring (bicyclic) bond motifs is 1. The summed E-state index contributed by atoms with van der Waals surface area (Å²) in [5.41, 5.74) is 1.62. The molecule has 7 heteroatoms. The predicted octanol–water partition coefficient (Wildman–Crippen LogP) is 3.76. The van der Waals surface area contributed by atoms with Gasteiger partial charge in [0, 0.05) is 36.8 Å². The highest BCUT2D eigenvalue weighted by molar-refractivity contribution is 5.94. The number of carbonyl (C=O) groups is 1. The summed E-state index contributed by atoms with van der Waals surface area (Å²) in [7, 11) is 0. The number of halogens is 3. The Balaban J connectivity index is 1.59. The average molecular weight is 369 g/mol. The number of aromatic nitrogens is 2. The number of nitrogens with zero attached hydrogens (tertiary/aromatic N) is 3. The smallest absolute Gasteiger partial charge is 0.260 e. The number of hydrogen-bond donors (Lipinski definition) is 0. The first kappa shape index (κ1) is 17.2. The molecule has 1 amide bonds. The molecular formula is C20H14F3N3O. The molecule has 136 valence electrons. The maximum atomic E-state index is 13.9. The molecule has 1 aliphatic rings. The summed E-state index contributed by atoms with van der Waals surface area (Å²) in [6, 6.07) is 9.20. The molecule has 0 unspecified atom stereocenters. The van der Waals surface area contributed by atoms with Gasteiger partial charge >= 0.3 is 0 Å². The summed E-state index contributed by atoms with van der Waals surface area (Å²) < 4.78 is 40.8. The number of carbonyl (C=O) groups excluding carboxylic acids is 1. The number of benzene rings is 2. The first-order valence-corrected chi connectivity index (χ1v) is 8.37. The second-order valence-corrected chi connectivity index (χ2v) is 6.25. The second kappa shape index (κ2) is 6.83. The summed E-state index contributed by atoms with van der Waals surface area (Å²) in [6.07, 6.45) is 2.03. The van der Waals surface area contributed by atoms with Gasteiger partial charge < -0.3 is 4.90 Å². The number of rotatable bonds is 2. The van der Waals surface area contributed by atoms with E-state index in [0.29, 0.717) is 24.4 Å². The lowest BCUT2D eigenvalue weighted by atomic mass is 10.0. The van der Waals surface area contributed by atoms with Gasteiger partial charge in [-0.15, -0.1) is 0 Å². The Hall–Kier alpha value is -3.22. The zero-order valence-electron chi connectivity index (χ0n) is 14.1. The molecule has 0 fully saturated rings. The van der Waals surface area contributed by atoms with Gasteiger partial charge in [0.15, 0.2) is 5.82 Å². The molecule has 27 heavy (non-hydrogen) atoms. The van der Waals surface area contributed by atoms with Crippen LogP contribution in [0, 0.1) is 17.5 Å². The molecule has 0 spiro atoms. The molecule has 0 N–H and O–H groups in total. The highest BCUT2D eigenvalue weighted by Gasteiger charge is 2.27. The van der Waals surface area contributed by atoms with E-state index in [2.05, 4.69) is 9.97 Å². The normalized spacial score (nSPS) is 13.4. The zero-order valence-corrected chi connectivity index (χ0v) is 14.1. The molecule has 0 saturated heterocycles. The molecule has 0 aliphatic carbocycles. The monoisotopic (exact) mass is 369 g/mol. The molecule has 0 bridgehead atoms. The van der Waals surface area contributed by atoms with E-state index in [9.17, 15) is 18.0 Å². The lowest BCUT2D eigenvalue weighted by molar-refractivity contribution is 0.0723. The van der Waals surface area contributed by atoms with Gasteiger partial charge in [-0.2, -0.15) is 0 Å². The minimum Gasteiger partial charge on any atom is -0.334 e. The van der Waals surface area contributed by atoms with Crippen molar-refractivity contribution in [2.24, 2.45) is 0 Å². The lowest BCUT2D eigenvalue weighted by Crippen LogP contribution is -2.37. The van der Waals surface area contributed by atoms with Gasteiger partial charge in [0.1, 0.15) is 23.0 Å². The van der Waals surface area contributed by atoms with Crippen molar-refractivity contribution >= 4 is 5.91 Å². The van der Waals surface area contributed by atoms with E-state index in [1.54, 1.807) is 18.3 Å². The maximum absolute atomic E-state index is 13.9. The minimum absolute atomic E-state index is 0.172. The van der Waals surface area contributed by atoms with E-state index >= 15 is 0 Å². The first-order chi connectivity index (χ1) is 13.0. The van der Waals surface area contributed by atoms with Crippen molar-refractivity contribution in [3.8, 4) is 11.4 Å². The summed E-state index contributed by atoms with van der Waals surface area (Å²) in [5.74, 6) is -2.33. The van der Waals surface area contributed by atoms with Crippen molar-refractivity contribution in [1.29, 1.82) is 0 Å². The van der Waals surface area contributed by atoms with E-state index in [1.165, 1.54) is 23.1 Å². The van der Waals surface area contributed by atoms with Crippen molar-refractivity contribution in [3.05, 3.63) is 82.9 Å². The number of hydrogen-bond acceptors (Lipinski definition) is 3. The van der Waals surface area contributed by atoms with E-state index in [-0.39, 0.29) is 12.4 Å². The first-order valence-electron chi connectivity index (χ1n) is 8.37. The van der Waals surface area contributed by atoms with Crippen LogP contribution in [0.5, 0.6) is 0 Å². The van der Waals surface area contributed by atoms with Crippen LogP contribution in [0.15, 0.2) is 48.7 Å². The van der Waals surface area contributed by atoms with Crippen LogP contribution in [0.3, 0.4) is 0 Å². The van der Waals surface area contributed by atoms with Crippen LogP contribution >= 0.6 is 0 Å². The van der Waals surface area contributed by atoms with Gasteiger partial charge in [0.25, 0.3) is 5.91 Å². The van der Waals surface area contributed by atoms with Gasteiger partial charge in [-0.25, -0.2) is 23.1 Å². The van der Waals surface area contributed by atoms with E-state index < -0.39 is 23.1 Å². The predicted molar refractivity (Wildman–Crippen MR) is 92.2 cm³/mol. The Kier molecular flexibility index (Phi) is 4.35. The molecule has 2 aromatic carbocycles. The largest absolute Gasteiger partial charge is 0.334 e. The minimum atomic E-state index is -0.881. The third-order valence-electron chi connectivity index (χ3n) is 4.50. The summed E-state index contributed by atoms with van der Waals surface area (Å²) in [5, 5.41) is 0. The Morgan fingerprint density at radius 3 is 2.41 bits per heavy atom. The van der Waals surface area contributed by atoms with Crippen LogP contribution in [0.2, 0.25) is 0 Å². The summed E-state index contributed by atoms with van der Waals surface area (Å²) >= 11 is 0. The van der Waals surface area contributed by atoms with Gasteiger partial charge in [-0.05, 0) is 36.4 Å². The van der Waals surface area contributed by atoms with E-state index in [1.807, 2.05) is 0 Å². The SMILES string of the molecule is O=C(c1c(F)cccc1F)N1CCc2nc(-c3ccc(F)cc3)ncc2C1. The van der Waals surface area contributed by atoms with Crippen LogP contribution in [-0.4, -0.2) is 27.3 Å². The molecule has 0 saturated carbocycles. The van der Waals surface area contributed by atoms with Gasteiger partial charge in [-0.1, -0.05) is 6.07 Å². The fourth-order valence-corrected chi connectivity index (χ4v) is 3.09. The molecule has 4 rings (SSSR count). The highest BCUT2D eigenvalue weighted by atomic mass is 19.1. The highest BCUT2D eigenvalue weighted by Crippen LogP contribution is 2.23. The number of amides is 1. The van der Waals surface area contributed by atoms with Crippen LogP contribution in [0.25, 0.3) is 11.4 Å². The Bertz CT molecular complexity index is 1000. The van der Waals surface area contributed by atoms with Crippen LogP contribution < -0.4 is 0 Å². The lowest BCUT2D eigenvalue weighted by Gasteiger charge is -2.28. The second-order valence-electron chi connectivity index (χ2n) is 6.25. The molecule has 1 aromatic heterocycles. The van der Waals surface area contributed by atoms with Crippen LogP contribution in [-0.2, 0) is 13.0 Å². The molecule has 3 aromatic rings. The fourth-order valence-electron chi connectivity index (χ4n) is 3.09. The van der Waals surface area contributed by atoms with Crippen molar-refractivity contribution in [2.45, 2.75) is 13.0 Å². The molecular weight excluding hydrogens is 355 g/mol. The molecule has 0 atom stereocenters. The van der Waals surface area contributed by atoms with Crippen molar-refractivity contribution in [1.82, 2.24) is 14.9 Å². The van der Waals surface area contributed by atoms with Gasteiger partial charge in [0.05, 0.1) is 5.69 Å². The molecule has 2 heterocycles. The molecule has 4 nitrogen and oxygen atoms in total. The maximum Gasteiger partial charge on any atom is 0.260 e. The van der Waals surface area contributed by atoms with Gasteiger partial charge in [0.2, 0.25) is 0 Å². The van der Waals surface area contributed by atoms with E-state index in [4.69, 9.17) is 0 Å². The average Bonchev–Trinajstić information content (AvgIpc) is 2.67. The Labute approximate surface area is 153 Å². The summed E-state index contributed by atoms with van der Waals surface area (Å²) in [6.45, 7) is 0.463. The third kappa shape index (κ3) is 3.28. The molecule has 1 aliphatic heterocycles. The zero-order chi connectivity index (χ0) is 19.0. The third-order valence-corrected chi connectivity index (χ3v) is 4.50. The van der Waals surface area contributed by atoms with Gasteiger partial charge in [-0.3, -0.25) is 4.79 Å². The molecule has 0 radical (unpaired) electrons. The van der Waals surface area contributed by atoms with Crippen molar-refractivity contribution in [3.63, 3.8) is 0 Å². The Morgan fingerprint density at radius 2 is 1.70 bits per heavy atom. The quantitative estimate of drug-likeness (QED) is 0.691. The van der Waals surface area contributed by atoms with Crippen LogP contribution in [0.4, 0.5) is 13.2 Å². The van der Waals surface area contributed by atoms with E-state index in [0.717, 1.165) is 23.4 Å². The Morgan fingerprint density at radius 1 is 1.00 bits per heavy atom. The van der Waals surface area contributed by atoms with Crippen molar-refractivity contribution in [2.75, 3.05) is 6.54 Å². The standard InChI is InChI=1S/C20H14F3N3O/c21-14-6-4-12(5-7-14)19-24-10-13-11-26(9-8-17(13)25-19)20(27)18-15(22)2-1-3-16(18)23/h1-7,10H,8-9,11H2. The summed E-state index contributed by atoms with van der Waals surface area (Å²) in [4.78, 5) is 22.7. The topological polar surface area (TPSA) is 46.1 Å². The van der Waals surface area contributed by atoms with Crippen molar-refractivity contribution < 1.29 is 18.0 Å².